The van der Waals surface area contributed by atoms with Gasteiger partial charge in [0.05, 0.1) is 5.54 Å². The zero-order valence-electron chi connectivity index (χ0n) is 38.3. The Bertz CT molecular complexity index is 2650. The van der Waals surface area contributed by atoms with E-state index in [-0.39, 0.29) is 30.8 Å². The van der Waals surface area contributed by atoms with Gasteiger partial charge in [0.25, 0.3) is 11.8 Å². The molecule has 4 aromatic carbocycles. The fourth-order valence-electron chi connectivity index (χ4n) is 14.2. The van der Waals surface area contributed by atoms with Crippen molar-refractivity contribution in [1.82, 2.24) is 20.4 Å². The fraction of sp³-hybridized carbons (Fsp3) is 0.423. The lowest BCUT2D eigenvalue weighted by Crippen LogP contribution is -2.74. The summed E-state index contributed by atoms with van der Waals surface area (Å²) in [6.07, 6.45) is -0.246. The highest BCUT2D eigenvalue weighted by molar-refractivity contribution is 6.01. The molecule has 4 aliphatic carbocycles. The van der Waals surface area contributed by atoms with Crippen molar-refractivity contribution in [2.75, 3.05) is 18.0 Å². The van der Waals surface area contributed by atoms with Gasteiger partial charge < -0.3 is 26.6 Å². The Labute approximate surface area is 389 Å². The van der Waals surface area contributed by atoms with Crippen molar-refractivity contribution >= 4 is 41.5 Å². The number of hydrogen-bond donors (Lipinski definition) is 6. The summed E-state index contributed by atoms with van der Waals surface area (Å²) in [4.78, 5) is 88.1. The van der Waals surface area contributed by atoms with Crippen LogP contribution in [0.1, 0.15) is 94.9 Å². The van der Waals surface area contributed by atoms with E-state index in [0.29, 0.717) is 67.4 Å². The summed E-state index contributed by atoms with van der Waals surface area (Å²) in [5, 5.41) is 24.8. The lowest BCUT2D eigenvalue weighted by molar-refractivity contribution is -0.145. The zero-order valence-corrected chi connectivity index (χ0v) is 38.3. The first-order chi connectivity index (χ1) is 31.8. The van der Waals surface area contributed by atoms with Crippen molar-refractivity contribution in [3.63, 3.8) is 0 Å². The van der Waals surface area contributed by atoms with Crippen LogP contribution in [0.5, 0.6) is 0 Å². The van der Waals surface area contributed by atoms with Gasteiger partial charge in [-0.05, 0) is 104 Å². The van der Waals surface area contributed by atoms with Gasteiger partial charge in [0, 0.05) is 47.5 Å². The van der Waals surface area contributed by atoms with Crippen LogP contribution in [0.15, 0.2) is 103 Å². The standard InChI is InChI=1S/C52H59N7O8/c1-31-28-40(39-12-8-26-57(39)51(44(62)55-46(64)65)36-20-16-34(17-21-36)48(51,2)29-42(53)60)59(38-24-14-33(15-25-38)32-10-6-5-7-11-32)50(31,4)41-13-9-27-58(41)52(45(63)56-47(66)67)37-22-18-35(19-23-37)49(52,3)30-43(54)61/h5-7,10-11,14-25,31,39-41H,8-9,12-13,26-30H2,1-4H3,(H2,53,60)(H2,54,61)(H,55,62)(H,56,63)(H,64,65)(H,66,67)/t31?,39?,40-,41?,48?,49?,50-,51-,52-/m1/s1. The lowest BCUT2D eigenvalue weighted by Gasteiger charge is -2.60. The number of fused-ring (bicyclic) bond motifs is 6. The van der Waals surface area contributed by atoms with Gasteiger partial charge in [-0.15, -0.1) is 0 Å². The molecule has 3 fully saturated rings. The molecule has 0 saturated carbocycles. The number of nitrogens with zero attached hydrogens (tertiary/aromatic N) is 3. The van der Waals surface area contributed by atoms with E-state index in [4.69, 9.17) is 11.5 Å². The van der Waals surface area contributed by atoms with Crippen LogP contribution in [0, 0.1) is 5.92 Å². The van der Waals surface area contributed by atoms with Gasteiger partial charge in [-0.25, -0.2) is 9.59 Å². The summed E-state index contributed by atoms with van der Waals surface area (Å²) in [5.41, 5.74) is 10.9. The molecule has 3 saturated heterocycles. The van der Waals surface area contributed by atoms with Crippen molar-refractivity contribution in [3.05, 3.63) is 125 Å². The molecule has 0 radical (unpaired) electrons. The predicted molar refractivity (Wildman–Crippen MR) is 251 cm³/mol. The highest BCUT2D eigenvalue weighted by Gasteiger charge is 2.70. The molecule has 15 nitrogen and oxygen atoms in total. The molecule has 0 aromatic heterocycles. The first-order valence-corrected chi connectivity index (χ1v) is 23.2. The summed E-state index contributed by atoms with van der Waals surface area (Å²) >= 11 is 0. The normalized spacial score (nSPS) is 32.0. The zero-order chi connectivity index (χ0) is 47.8. The molecule has 3 aliphatic heterocycles. The van der Waals surface area contributed by atoms with Crippen molar-refractivity contribution in [3.8, 4) is 11.1 Å². The van der Waals surface area contributed by atoms with E-state index in [0.717, 1.165) is 16.8 Å². The Balaban J connectivity index is 1.24. The quantitative estimate of drug-likeness (QED) is 0.0977. The first-order valence-electron chi connectivity index (χ1n) is 23.2. The van der Waals surface area contributed by atoms with E-state index in [2.05, 4.69) is 75.6 Å². The van der Waals surface area contributed by atoms with E-state index in [9.17, 15) is 29.4 Å². The average molecular weight is 910 g/mol. The third-order valence-corrected chi connectivity index (χ3v) is 16.9. The second kappa shape index (κ2) is 16.3. The van der Waals surface area contributed by atoms with Gasteiger partial charge in [0.2, 0.25) is 11.8 Å². The van der Waals surface area contributed by atoms with Crippen LogP contribution in [-0.2, 0) is 41.1 Å². The Hall–Kier alpha value is -6.58. The predicted octanol–water partition coefficient (Wildman–Crippen LogP) is 5.93. The van der Waals surface area contributed by atoms with E-state index < -0.39 is 69.3 Å². The van der Waals surface area contributed by atoms with Gasteiger partial charge in [-0.3, -0.25) is 39.6 Å². The fourth-order valence-corrected chi connectivity index (χ4v) is 14.2. The molecule has 350 valence electrons. The van der Waals surface area contributed by atoms with Crippen molar-refractivity contribution < 1.29 is 39.0 Å². The molecule has 7 aliphatic rings. The smallest absolute Gasteiger partial charge is 0.411 e. The number of rotatable bonds is 12. The molecule has 15 heteroatoms. The molecular formula is C52H59N7O8. The largest absolute Gasteiger partial charge is 0.465 e. The summed E-state index contributed by atoms with van der Waals surface area (Å²) in [6, 6.07) is 32.2. The van der Waals surface area contributed by atoms with E-state index in [1.165, 1.54) is 0 Å². The summed E-state index contributed by atoms with van der Waals surface area (Å²) < 4.78 is 0. The minimum absolute atomic E-state index is 0.101. The second-order valence-corrected chi connectivity index (χ2v) is 20.0. The van der Waals surface area contributed by atoms with E-state index in [1.807, 2.05) is 80.6 Å². The minimum Gasteiger partial charge on any atom is -0.465 e. The Kier molecular flexibility index (Phi) is 11.1. The van der Waals surface area contributed by atoms with Crippen LogP contribution in [0.2, 0.25) is 0 Å². The molecule has 4 bridgehead atoms. The van der Waals surface area contributed by atoms with Gasteiger partial charge in [-0.1, -0.05) is 112 Å². The van der Waals surface area contributed by atoms with Crippen LogP contribution in [0.3, 0.4) is 0 Å². The minimum atomic E-state index is -1.66. The number of amides is 6. The number of imide groups is 2. The number of anilines is 1. The Morgan fingerprint density at radius 3 is 1.54 bits per heavy atom. The number of benzene rings is 4. The third kappa shape index (κ3) is 6.51. The van der Waals surface area contributed by atoms with Gasteiger partial charge in [0.1, 0.15) is 11.1 Å². The Morgan fingerprint density at radius 1 is 0.597 bits per heavy atom. The molecule has 6 amide bonds. The number of primary amides is 2. The molecule has 8 N–H and O–H groups in total. The van der Waals surface area contributed by atoms with Crippen LogP contribution >= 0.6 is 0 Å². The van der Waals surface area contributed by atoms with Crippen LogP contribution in [-0.4, -0.2) is 92.6 Å². The van der Waals surface area contributed by atoms with Crippen LogP contribution < -0.4 is 27.0 Å². The van der Waals surface area contributed by atoms with Crippen molar-refractivity contribution in [2.45, 2.75) is 118 Å². The summed E-state index contributed by atoms with van der Waals surface area (Å²) in [6.45, 7) is 8.90. The van der Waals surface area contributed by atoms with Gasteiger partial charge in [-0.2, -0.15) is 0 Å². The Morgan fingerprint density at radius 2 is 1.04 bits per heavy atom. The van der Waals surface area contributed by atoms with Crippen LogP contribution in [0.4, 0.5) is 15.3 Å². The summed E-state index contributed by atoms with van der Waals surface area (Å²) in [5.74, 6) is -2.87. The van der Waals surface area contributed by atoms with Gasteiger partial charge in [0.15, 0.2) is 0 Å². The van der Waals surface area contributed by atoms with Crippen molar-refractivity contribution in [2.24, 2.45) is 17.4 Å². The van der Waals surface area contributed by atoms with E-state index >= 15 is 9.59 Å². The third-order valence-electron chi connectivity index (χ3n) is 16.9. The maximum absolute atomic E-state index is 15.1. The molecule has 4 aromatic rings. The SMILES string of the molecule is CC1C[C@H](C2CCCN2[C@@]2(C(=O)NC(=O)O)c3ccc(cc3)C2(C)CC(N)=O)N(c2ccc(-c3ccccc3)cc2)[C@@]1(C)C1CCCN1[C@@]1(C(=O)NC(=O)O)c2ccc(cc2)C1(C)CC(N)=O. The molecular weight excluding hydrogens is 851 g/mol. The number of nitrogens with one attached hydrogen (secondary N) is 2. The monoisotopic (exact) mass is 909 g/mol. The molecule has 5 unspecified atom stereocenters. The number of carbonyl (C=O) groups is 6. The van der Waals surface area contributed by atoms with Crippen molar-refractivity contribution in [1.29, 1.82) is 0 Å². The second-order valence-electron chi connectivity index (χ2n) is 20.0. The average Bonchev–Trinajstić information content (AvgIpc) is 4.03. The van der Waals surface area contributed by atoms with Gasteiger partial charge >= 0.3 is 12.2 Å². The number of hydrogen-bond acceptors (Lipinski definition) is 9. The maximum atomic E-state index is 15.1. The maximum Gasteiger partial charge on any atom is 0.411 e. The molecule has 11 rings (SSSR count). The molecule has 9 atom stereocenters. The number of carbonyl (C=O) groups excluding carboxylic acids is 4. The first kappa shape index (κ1) is 45.6. The molecule has 67 heavy (non-hydrogen) atoms. The molecule has 3 heterocycles. The van der Waals surface area contributed by atoms with Crippen LogP contribution in [0.25, 0.3) is 11.1 Å². The highest BCUT2D eigenvalue weighted by Crippen LogP contribution is 2.61. The lowest BCUT2D eigenvalue weighted by atomic mass is 9.56. The van der Waals surface area contributed by atoms with E-state index in [1.54, 1.807) is 0 Å². The number of likely N-dealkylation sites (tertiary alicyclic amines) is 2. The molecule has 0 spiro atoms. The highest BCUT2D eigenvalue weighted by atomic mass is 16.4. The number of nitrogens with two attached hydrogens (primary N) is 2. The topological polar surface area (TPSA) is 229 Å². The summed E-state index contributed by atoms with van der Waals surface area (Å²) in [7, 11) is 0. The number of carboxylic acid groups (broad SMARTS) is 2.